The van der Waals surface area contributed by atoms with Gasteiger partial charge in [0.1, 0.15) is 5.69 Å². The number of nitrogens with one attached hydrogen (secondary N) is 1. The number of hydrogen-bond acceptors (Lipinski definition) is 5. The van der Waals surface area contributed by atoms with Gasteiger partial charge in [-0.05, 0) is 12.1 Å². The third-order valence-electron chi connectivity index (χ3n) is 2.65. The fourth-order valence-corrected chi connectivity index (χ4v) is 1.69. The van der Waals surface area contributed by atoms with E-state index in [4.69, 9.17) is 5.11 Å². The number of nitro groups is 1. The Labute approximate surface area is 114 Å². The van der Waals surface area contributed by atoms with E-state index >= 15 is 0 Å². The molecule has 0 aliphatic rings. The van der Waals surface area contributed by atoms with Gasteiger partial charge in [0.2, 0.25) is 0 Å². The fraction of sp³-hybridized carbons (Fsp3) is 0.0769. The maximum Gasteiger partial charge on any atom is 0.354 e. The molecule has 0 bridgehead atoms. The van der Waals surface area contributed by atoms with E-state index in [1.165, 1.54) is 18.3 Å². The zero-order chi connectivity index (χ0) is 14.5. The standard InChI is InChI=1S/C13H11N3O4/c17-13(18)11-7-10(5-6-14-11)15-8-9-3-1-2-4-12(9)16(19)20/h1-7H,8H2,(H,14,15)(H,17,18). The predicted octanol–water partition coefficient (Wildman–Crippen LogP) is 2.30. The van der Waals surface area contributed by atoms with Crippen LogP contribution in [0.4, 0.5) is 11.4 Å². The Morgan fingerprint density at radius 2 is 2.10 bits per heavy atom. The Bertz CT molecular complexity index is 658. The molecule has 1 aromatic carbocycles. The summed E-state index contributed by atoms with van der Waals surface area (Å²) in [4.78, 5) is 24.9. The molecule has 0 aliphatic heterocycles. The van der Waals surface area contributed by atoms with E-state index in [-0.39, 0.29) is 17.9 Å². The number of hydrogen-bond donors (Lipinski definition) is 2. The predicted molar refractivity (Wildman–Crippen MR) is 71.6 cm³/mol. The summed E-state index contributed by atoms with van der Waals surface area (Å²) in [5.74, 6) is -1.13. The Balaban J connectivity index is 2.15. The second-order valence-electron chi connectivity index (χ2n) is 3.97. The SMILES string of the molecule is O=C(O)c1cc(NCc2ccccc2[N+](=O)[O-])ccn1. The van der Waals surface area contributed by atoms with Gasteiger partial charge in [0.15, 0.2) is 0 Å². The van der Waals surface area contributed by atoms with Crippen LogP contribution >= 0.6 is 0 Å². The number of benzene rings is 1. The van der Waals surface area contributed by atoms with E-state index in [9.17, 15) is 14.9 Å². The smallest absolute Gasteiger partial charge is 0.354 e. The largest absolute Gasteiger partial charge is 0.477 e. The van der Waals surface area contributed by atoms with Crippen LogP contribution in [0.15, 0.2) is 42.6 Å². The zero-order valence-corrected chi connectivity index (χ0v) is 10.3. The highest BCUT2D eigenvalue weighted by Crippen LogP contribution is 2.19. The molecule has 0 fully saturated rings. The number of carbonyl (C=O) groups is 1. The average Bonchev–Trinajstić information content (AvgIpc) is 2.45. The average molecular weight is 273 g/mol. The molecule has 2 aromatic rings. The maximum atomic E-state index is 10.9. The van der Waals surface area contributed by atoms with Crippen molar-refractivity contribution >= 4 is 17.3 Å². The van der Waals surface area contributed by atoms with Crippen molar-refractivity contribution in [3.05, 3.63) is 64.0 Å². The van der Waals surface area contributed by atoms with Gasteiger partial charge in [-0.25, -0.2) is 9.78 Å². The zero-order valence-electron chi connectivity index (χ0n) is 10.3. The number of nitro benzene ring substituents is 1. The maximum absolute atomic E-state index is 10.9. The molecule has 0 amide bonds. The highest BCUT2D eigenvalue weighted by Gasteiger charge is 2.12. The topological polar surface area (TPSA) is 105 Å². The number of carboxylic acids is 1. The van der Waals surface area contributed by atoms with Crippen LogP contribution in [-0.4, -0.2) is 21.0 Å². The van der Waals surface area contributed by atoms with Crippen LogP contribution in [0.1, 0.15) is 16.1 Å². The summed E-state index contributed by atoms with van der Waals surface area (Å²) >= 11 is 0. The molecule has 102 valence electrons. The monoisotopic (exact) mass is 273 g/mol. The molecule has 1 aromatic heterocycles. The highest BCUT2D eigenvalue weighted by molar-refractivity contribution is 5.86. The third-order valence-corrected chi connectivity index (χ3v) is 2.65. The van der Waals surface area contributed by atoms with Gasteiger partial charge < -0.3 is 10.4 Å². The van der Waals surface area contributed by atoms with E-state index < -0.39 is 10.9 Å². The molecular weight excluding hydrogens is 262 g/mol. The Morgan fingerprint density at radius 1 is 1.35 bits per heavy atom. The fourth-order valence-electron chi connectivity index (χ4n) is 1.69. The molecular formula is C13H11N3O4. The minimum atomic E-state index is -1.13. The molecule has 0 atom stereocenters. The van der Waals surface area contributed by atoms with Gasteiger partial charge in [-0.15, -0.1) is 0 Å². The summed E-state index contributed by atoms with van der Waals surface area (Å²) < 4.78 is 0. The number of carboxylic acid groups (broad SMARTS) is 1. The van der Waals surface area contributed by atoms with E-state index in [0.717, 1.165) is 0 Å². The Hall–Kier alpha value is -2.96. The molecule has 0 spiro atoms. The lowest BCUT2D eigenvalue weighted by Crippen LogP contribution is -2.05. The second-order valence-corrected chi connectivity index (χ2v) is 3.97. The number of nitrogens with zero attached hydrogens (tertiary/aromatic N) is 2. The molecule has 0 saturated heterocycles. The number of para-hydroxylation sites is 1. The van der Waals surface area contributed by atoms with Crippen LogP contribution in [-0.2, 0) is 6.54 Å². The van der Waals surface area contributed by atoms with Crippen molar-refractivity contribution in [2.75, 3.05) is 5.32 Å². The summed E-state index contributed by atoms with van der Waals surface area (Å²) in [7, 11) is 0. The molecule has 7 heteroatoms. The molecule has 2 N–H and O–H groups in total. The van der Waals surface area contributed by atoms with Crippen LogP contribution in [0.25, 0.3) is 0 Å². The number of pyridine rings is 1. The van der Waals surface area contributed by atoms with Gasteiger partial charge >= 0.3 is 5.97 Å². The van der Waals surface area contributed by atoms with E-state index in [2.05, 4.69) is 10.3 Å². The third kappa shape index (κ3) is 3.08. The van der Waals surface area contributed by atoms with Gasteiger partial charge in [0.25, 0.3) is 5.69 Å². The normalized spacial score (nSPS) is 10.0. The van der Waals surface area contributed by atoms with Crippen molar-refractivity contribution in [2.45, 2.75) is 6.54 Å². The van der Waals surface area contributed by atoms with Crippen LogP contribution in [0.2, 0.25) is 0 Å². The lowest BCUT2D eigenvalue weighted by molar-refractivity contribution is -0.385. The number of rotatable bonds is 5. The molecule has 0 radical (unpaired) electrons. The van der Waals surface area contributed by atoms with Crippen molar-refractivity contribution in [3.8, 4) is 0 Å². The van der Waals surface area contributed by atoms with Gasteiger partial charge in [-0.1, -0.05) is 18.2 Å². The first-order valence-corrected chi connectivity index (χ1v) is 5.73. The molecule has 0 saturated carbocycles. The van der Waals surface area contributed by atoms with E-state index in [1.807, 2.05) is 0 Å². The van der Waals surface area contributed by atoms with E-state index in [1.54, 1.807) is 24.3 Å². The summed E-state index contributed by atoms with van der Waals surface area (Å²) in [6.07, 6.45) is 1.37. The van der Waals surface area contributed by atoms with E-state index in [0.29, 0.717) is 11.3 Å². The van der Waals surface area contributed by atoms with Gasteiger partial charge in [0.05, 0.1) is 4.92 Å². The van der Waals surface area contributed by atoms with Gasteiger partial charge in [0, 0.05) is 30.1 Å². The first-order valence-electron chi connectivity index (χ1n) is 5.73. The van der Waals surface area contributed by atoms with Crippen molar-refractivity contribution in [1.29, 1.82) is 0 Å². The van der Waals surface area contributed by atoms with Gasteiger partial charge in [-0.2, -0.15) is 0 Å². The molecule has 1 heterocycles. The van der Waals surface area contributed by atoms with Crippen molar-refractivity contribution < 1.29 is 14.8 Å². The first-order chi connectivity index (χ1) is 9.58. The molecule has 20 heavy (non-hydrogen) atoms. The minimum Gasteiger partial charge on any atom is -0.477 e. The number of aromatic carboxylic acids is 1. The highest BCUT2D eigenvalue weighted by atomic mass is 16.6. The molecule has 7 nitrogen and oxygen atoms in total. The molecule has 2 rings (SSSR count). The summed E-state index contributed by atoms with van der Waals surface area (Å²) in [6, 6.07) is 9.34. The van der Waals surface area contributed by atoms with Crippen LogP contribution in [0, 0.1) is 10.1 Å². The van der Waals surface area contributed by atoms with Crippen LogP contribution in [0.3, 0.4) is 0 Å². The molecule has 0 aliphatic carbocycles. The minimum absolute atomic E-state index is 0.0208. The second kappa shape index (κ2) is 5.79. The quantitative estimate of drug-likeness (QED) is 0.639. The van der Waals surface area contributed by atoms with Crippen molar-refractivity contribution in [1.82, 2.24) is 4.98 Å². The van der Waals surface area contributed by atoms with Crippen molar-refractivity contribution in [2.24, 2.45) is 0 Å². The summed E-state index contributed by atoms with van der Waals surface area (Å²) in [5.41, 5.74) is 0.992. The summed E-state index contributed by atoms with van der Waals surface area (Å²) in [6.45, 7) is 0.222. The first kappa shape index (κ1) is 13.5. The number of aromatic nitrogens is 1. The molecule has 0 unspecified atom stereocenters. The lowest BCUT2D eigenvalue weighted by atomic mass is 10.2. The van der Waals surface area contributed by atoms with Crippen LogP contribution in [0.5, 0.6) is 0 Å². The number of anilines is 1. The van der Waals surface area contributed by atoms with Crippen molar-refractivity contribution in [3.63, 3.8) is 0 Å². The lowest BCUT2D eigenvalue weighted by Gasteiger charge is -2.07. The Kier molecular flexibility index (Phi) is 3.90. The van der Waals surface area contributed by atoms with Gasteiger partial charge in [-0.3, -0.25) is 10.1 Å². The Morgan fingerprint density at radius 3 is 2.80 bits per heavy atom. The summed E-state index contributed by atoms with van der Waals surface area (Å²) in [5, 5.41) is 22.6. The van der Waals surface area contributed by atoms with Crippen LogP contribution < -0.4 is 5.32 Å².